The Kier molecular flexibility index (Phi) is 67.7. The second kappa shape index (κ2) is 70.8. The van der Waals surface area contributed by atoms with Gasteiger partial charge in [0.2, 0.25) is 0 Å². The number of rotatable bonds is 65. The smallest absolute Gasteiger partial charge is 0.306 e. The van der Waals surface area contributed by atoms with Crippen LogP contribution in [-0.4, -0.2) is 37.2 Å². The molecule has 0 fully saturated rings. The van der Waals surface area contributed by atoms with Crippen molar-refractivity contribution in [1.29, 1.82) is 0 Å². The summed E-state index contributed by atoms with van der Waals surface area (Å²) in [4.78, 5) is 38.4. The van der Waals surface area contributed by atoms with Crippen LogP contribution in [0.2, 0.25) is 0 Å². The van der Waals surface area contributed by atoms with E-state index in [0.717, 1.165) is 141 Å². The average molecular weight is 1160 g/mol. The van der Waals surface area contributed by atoms with Crippen molar-refractivity contribution in [2.45, 2.75) is 361 Å². The topological polar surface area (TPSA) is 78.9 Å². The summed E-state index contributed by atoms with van der Waals surface area (Å²) in [5.74, 6) is -0.916. The van der Waals surface area contributed by atoms with Crippen molar-refractivity contribution in [3.8, 4) is 0 Å². The van der Waals surface area contributed by atoms with E-state index >= 15 is 0 Å². The molecular formula is C77H134O6. The molecule has 0 aliphatic rings. The Hall–Kier alpha value is -3.67. The van der Waals surface area contributed by atoms with Gasteiger partial charge in [0.15, 0.2) is 6.10 Å². The molecule has 1 unspecified atom stereocenters. The fourth-order valence-corrected chi connectivity index (χ4v) is 10.3. The summed E-state index contributed by atoms with van der Waals surface area (Å²) < 4.78 is 16.9. The van der Waals surface area contributed by atoms with E-state index in [1.807, 2.05) is 0 Å². The highest BCUT2D eigenvalue weighted by Crippen LogP contribution is 2.18. The molecule has 0 radical (unpaired) electrons. The molecule has 6 nitrogen and oxygen atoms in total. The Morgan fingerprint density at radius 2 is 0.494 bits per heavy atom. The molecule has 0 aliphatic heterocycles. The summed E-state index contributed by atoms with van der Waals surface area (Å²) >= 11 is 0. The Labute approximate surface area is 515 Å². The monoisotopic (exact) mass is 1160 g/mol. The van der Waals surface area contributed by atoms with Gasteiger partial charge in [-0.15, -0.1) is 0 Å². The predicted molar refractivity (Wildman–Crippen MR) is 362 cm³/mol. The van der Waals surface area contributed by atoms with Crippen molar-refractivity contribution in [1.82, 2.24) is 0 Å². The second-order valence-corrected chi connectivity index (χ2v) is 23.8. The number of esters is 3. The standard InChI is InChI=1S/C77H134O6/c1-4-7-10-13-16-19-22-25-27-29-31-33-35-36-37-38-39-40-42-43-45-47-49-52-55-58-61-64-67-70-76(79)82-73-74(72-81-75(78)69-66-63-60-57-54-51-24-21-18-15-12-9-6-3)83-77(80)71-68-65-62-59-56-53-50-48-46-44-41-34-32-30-28-26-23-20-17-14-11-8-5-2/h8,11-12,15,17,20-21,24,26,28,32,34,44,46,50,53,74H,4-7,9-10,13-14,16,18-19,22-23,25,27,29-31,33,35-43,45,47-49,51-52,54-73H2,1-3H3/b11-8-,15-12-,20-17-,24-21-,28-26-,34-32-,46-44-,53-50-. The van der Waals surface area contributed by atoms with Crippen LogP contribution in [0.5, 0.6) is 0 Å². The lowest BCUT2D eigenvalue weighted by Gasteiger charge is -2.18. The molecule has 0 aromatic carbocycles. The minimum absolute atomic E-state index is 0.0904. The van der Waals surface area contributed by atoms with Crippen LogP contribution in [0.3, 0.4) is 0 Å². The first kappa shape index (κ1) is 79.3. The van der Waals surface area contributed by atoms with Gasteiger partial charge in [0.25, 0.3) is 0 Å². The maximum Gasteiger partial charge on any atom is 0.306 e. The number of hydrogen-bond donors (Lipinski definition) is 0. The maximum absolute atomic E-state index is 12.9. The third-order valence-corrected chi connectivity index (χ3v) is 15.6. The van der Waals surface area contributed by atoms with Crippen molar-refractivity contribution in [3.63, 3.8) is 0 Å². The maximum atomic E-state index is 12.9. The van der Waals surface area contributed by atoms with E-state index in [4.69, 9.17) is 14.2 Å². The molecule has 0 aromatic heterocycles. The number of unbranched alkanes of at least 4 members (excludes halogenated alkanes) is 38. The van der Waals surface area contributed by atoms with Crippen LogP contribution in [-0.2, 0) is 28.6 Å². The molecule has 0 aliphatic carbocycles. The quantitative estimate of drug-likeness (QED) is 0.0261. The lowest BCUT2D eigenvalue weighted by Crippen LogP contribution is -2.30. The molecular weight excluding hydrogens is 1020 g/mol. The van der Waals surface area contributed by atoms with Gasteiger partial charge in [-0.2, -0.15) is 0 Å². The average Bonchev–Trinajstić information content (AvgIpc) is 3.49. The number of ether oxygens (including phenoxy) is 3. The highest BCUT2D eigenvalue weighted by molar-refractivity contribution is 5.71. The lowest BCUT2D eigenvalue weighted by atomic mass is 10.0. The Morgan fingerprint density at radius 3 is 0.783 bits per heavy atom. The van der Waals surface area contributed by atoms with Gasteiger partial charge in [0.1, 0.15) is 13.2 Å². The fourth-order valence-electron chi connectivity index (χ4n) is 10.3. The number of carbonyl (C=O) groups is 3. The van der Waals surface area contributed by atoms with E-state index in [0.29, 0.717) is 19.3 Å². The van der Waals surface area contributed by atoms with Gasteiger partial charge in [0, 0.05) is 19.3 Å². The van der Waals surface area contributed by atoms with Gasteiger partial charge in [-0.05, 0) is 96.3 Å². The molecule has 0 N–H and O–H groups in total. The summed E-state index contributed by atoms with van der Waals surface area (Å²) in [6.07, 6.45) is 95.9. The molecule has 0 rings (SSSR count). The molecule has 0 bridgehead atoms. The summed E-state index contributed by atoms with van der Waals surface area (Å²) in [5.41, 5.74) is 0. The van der Waals surface area contributed by atoms with Crippen LogP contribution in [0.1, 0.15) is 355 Å². The van der Waals surface area contributed by atoms with E-state index in [9.17, 15) is 14.4 Å². The normalized spacial score (nSPS) is 12.7. The van der Waals surface area contributed by atoms with Gasteiger partial charge in [-0.25, -0.2) is 0 Å². The van der Waals surface area contributed by atoms with Crippen LogP contribution in [0.4, 0.5) is 0 Å². The minimum Gasteiger partial charge on any atom is -0.462 e. The highest BCUT2D eigenvalue weighted by Gasteiger charge is 2.19. The van der Waals surface area contributed by atoms with Crippen LogP contribution >= 0.6 is 0 Å². The first-order valence-electron chi connectivity index (χ1n) is 35.7. The van der Waals surface area contributed by atoms with Gasteiger partial charge in [-0.3, -0.25) is 14.4 Å². The first-order chi connectivity index (χ1) is 41.0. The fraction of sp³-hybridized carbons (Fsp3) is 0.753. The van der Waals surface area contributed by atoms with E-state index < -0.39 is 6.10 Å². The third-order valence-electron chi connectivity index (χ3n) is 15.6. The van der Waals surface area contributed by atoms with Crippen molar-refractivity contribution in [3.05, 3.63) is 97.2 Å². The SMILES string of the molecule is CC/C=C\C/C=C\C/C=C\C/C=C\C/C=C\C/C=C\CCCCCCC(=O)OC(COC(=O)CCCCCCC/C=C\C/C=C\CCC)COC(=O)CCCCCCCCCCCCCCCCCCCCCCCCCCCCCCC. The largest absolute Gasteiger partial charge is 0.462 e. The molecule has 1 atom stereocenters. The predicted octanol–water partition coefficient (Wildman–Crippen LogP) is 24.8. The van der Waals surface area contributed by atoms with Gasteiger partial charge >= 0.3 is 17.9 Å². The lowest BCUT2D eigenvalue weighted by molar-refractivity contribution is -0.167. The second-order valence-electron chi connectivity index (χ2n) is 23.8. The van der Waals surface area contributed by atoms with E-state index in [1.165, 1.54) is 173 Å². The summed E-state index contributed by atoms with van der Waals surface area (Å²) in [6, 6.07) is 0. The van der Waals surface area contributed by atoms with Crippen molar-refractivity contribution in [2.75, 3.05) is 13.2 Å². The van der Waals surface area contributed by atoms with Gasteiger partial charge in [-0.1, -0.05) is 336 Å². The first-order valence-corrected chi connectivity index (χ1v) is 35.7. The molecule has 83 heavy (non-hydrogen) atoms. The summed E-state index contributed by atoms with van der Waals surface area (Å²) in [5, 5.41) is 0. The molecule has 0 heterocycles. The van der Waals surface area contributed by atoms with Crippen molar-refractivity contribution in [2.24, 2.45) is 0 Å². The van der Waals surface area contributed by atoms with Gasteiger partial charge in [0.05, 0.1) is 0 Å². The number of allylic oxidation sites excluding steroid dienone is 16. The Morgan fingerprint density at radius 1 is 0.253 bits per heavy atom. The minimum atomic E-state index is -0.799. The van der Waals surface area contributed by atoms with Crippen LogP contribution in [0, 0.1) is 0 Å². The van der Waals surface area contributed by atoms with Crippen LogP contribution in [0.15, 0.2) is 97.2 Å². The summed E-state index contributed by atoms with van der Waals surface area (Å²) in [6.45, 7) is 6.47. The van der Waals surface area contributed by atoms with Gasteiger partial charge < -0.3 is 14.2 Å². The molecule has 0 aromatic rings. The molecule has 0 spiro atoms. The molecule has 478 valence electrons. The third kappa shape index (κ3) is 69.0. The van der Waals surface area contributed by atoms with Crippen molar-refractivity contribution >= 4 is 17.9 Å². The molecule has 6 heteroatoms. The zero-order valence-electron chi connectivity index (χ0n) is 54.9. The number of carbonyl (C=O) groups excluding carboxylic acids is 3. The zero-order valence-corrected chi connectivity index (χ0v) is 54.9. The van der Waals surface area contributed by atoms with E-state index in [1.54, 1.807) is 0 Å². The molecule has 0 amide bonds. The van der Waals surface area contributed by atoms with E-state index in [-0.39, 0.29) is 31.1 Å². The van der Waals surface area contributed by atoms with Crippen LogP contribution in [0.25, 0.3) is 0 Å². The zero-order chi connectivity index (χ0) is 59.9. The summed E-state index contributed by atoms with van der Waals surface area (Å²) in [7, 11) is 0. The molecule has 0 saturated carbocycles. The highest BCUT2D eigenvalue weighted by atomic mass is 16.6. The molecule has 0 saturated heterocycles. The van der Waals surface area contributed by atoms with E-state index in [2.05, 4.69) is 118 Å². The van der Waals surface area contributed by atoms with Crippen LogP contribution < -0.4 is 0 Å². The van der Waals surface area contributed by atoms with Crippen molar-refractivity contribution < 1.29 is 28.6 Å². The Balaban J connectivity index is 4.27. The Bertz CT molecular complexity index is 1610. The number of hydrogen-bond acceptors (Lipinski definition) is 6.